The van der Waals surface area contributed by atoms with E-state index < -0.39 is 0 Å². The molecule has 7 nitrogen and oxygen atoms in total. The zero-order valence-corrected chi connectivity index (χ0v) is 16.3. The molecule has 0 heterocycles. The number of rotatable bonds is 12. The Bertz CT molecular complexity index is 445. The predicted octanol–water partition coefficient (Wildman–Crippen LogP) is 1.59. The molecule has 0 bridgehead atoms. The Kier molecular flexibility index (Phi) is 11.1. The van der Waals surface area contributed by atoms with Crippen LogP contribution >= 0.6 is 0 Å². The maximum atomic E-state index is 12.2. The number of hydrogen-bond acceptors (Lipinski definition) is 5. The van der Waals surface area contributed by atoms with Crippen LogP contribution in [0.2, 0.25) is 0 Å². The van der Waals surface area contributed by atoms with Gasteiger partial charge in [0, 0.05) is 31.3 Å². The zero-order chi connectivity index (χ0) is 19.4. The third-order valence-electron chi connectivity index (χ3n) is 4.48. The summed E-state index contributed by atoms with van der Waals surface area (Å²) in [5, 5.41) is 5.86. The number of nitrogens with one attached hydrogen (secondary N) is 2. The molecule has 0 aliphatic heterocycles. The highest BCUT2D eigenvalue weighted by Gasteiger charge is 2.26. The third-order valence-corrected chi connectivity index (χ3v) is 4.48. The number of amides is 2. The second-order valence-corrected chi connectivity index (χ2v) is 7.02. The van der Waals surface area contributed by atoms with Crippen LogP contribution in [-0.2, 0) is 23.9 Å². The van der Waals surface area contributed by atoms with Crippen molar-refractivity contribution in [3.63, 3.8) is 0 Å². The van der Waals surface area contributed by atoms with Crippen molar-refractivity contribution in [1.29, 1.82) is 0 Å². The van der Waals surface area contributed by atoms with Crippen LogP contribution in [0, 0.1) is 5.92 Å². The van der Waals surface area contributed by atoms with Gasteiger partial charge < -0.3 is 20.1 Å². The van der Waals surface area contributed by atoms with Gasteiger partial charge in [0.1, 0.15) is 12.4 Å². The molecule has 0 atom stereocenters. The van der Waals surface area contributed by atoms with Gasteiger partial charge in [-0.25, -0.2) is 0 Å². The van der Waals surface area contributed by atoms with Crippen LogP contribution in [0.1, 0.15) is 59.3 Å². The Balaban J connectivity index is 2.10. The summed E-state index contributed by atoms with van der Waals surface area (Å²) >= 11 is 0. The summed E-state index contributed by atoms with van der Waals surface area (Å²) in [6, 6.07) is 0.127. The van der Waals surface area contributed by atoms with Crippen LogP contribution in [0.25, 0.3) is 0 Å². The second kappa shape index (κ2) is 12.8. The van der Waals surface area contributed by atoms with Crippen molar-refractivity contribution < 1.29 is 23.9 Å². The summed E-state index contributed by atoms with van der Waals surface area (Å²) < 4.78 is 10.6. The Morgan fingerprint density at radius 2 is 1.77 bits per heavy atom. The number of ether oxygens (including phenoxy) is 2. The molecule has 26 heavy (non-hydrogen) atoms. The monoisotopic (exact) mass is 370 g/mol. The number of ketones is 1. The summed E-state index contributed by atoms with van der Waals surface area (Å²) in [7, 11) is 0. The molecule has 0 saturated heterocycles. The lowest BCUT2D eigenvalue weighted by molar-refractivity contribution is -0.128. The molecular weight excluding hydrogens is 336 g/mol. The maximum Gasteiger partial charge on any atom is 0.246 e. The predicted molar refractivity (Wildman–Crippen MR) is 98.7 cm³/mol. The summed E-state index contributed by atoms with van der Waals surface area (Å²) in [5.41, 5.74) is 0. The fourth-order valence-corrected chi connectivity index (χ4v) is 2.87. The molecular formula is C19H34N2O5. The number of carbonyl (C=O) groups is 3. The van der Waals surface area contributed by atoms with Crippen molar-refractivity contribution in [3.05, 3.63) is 0 Å². The Morgan fingerprint density at radius 1 is 1.08 bits per heavy atom. The molecule has 2 amide bonds. The Morgan fingerprint density at radius 3 is 2.38 bits per heavy atom. The fourth-order valence-electron chi connectivity index (χ4n) is 2.87. The molecule has 0 aromatic heterocycles. The summed E-state index contributed by atoms with van der Waals surface area (Å²) in [6.45, 7) is 7.00. The molecule has 7 heteroatoms. The largest absolute Gasteiger partial charge is 0.379 e. The van der Waals surface area contributed by atoms with Gasteiger partial charge in [-0.2, -0.15) is 0 Å². The molecule has 0 aromatic carbocycles. The molecule has 1 saturated carbocycles. The summed E-state index contributed by atoms with van der Waals surface area (Å²) in [6.07, 6.45) is 4.16. The van der Waals surface area contributed by atoms with Gasteiger partial charge in [-0.1, -0.05) is 6.92 Å². The molecule has 150 valence electrons. The topological polar surface area (TPSA) is 93.7 Å². The van der Waals surface area contributed by atoms with Crippen LogP contribution in [0.5, 0.6) is 0 Å². The van der Waals surface area contributed by atoms with Gasteiger partial charge in [-0.05, 0) is 39.5 Å². The molecule has 0 aromatic rings. The van der Waals surface area contributed by atoms with E-state index in [0.717, 1.165) is 25.7 Å². The number of Topliss-reactive ketones (excluding diaryl/α,β-unsaturated/α-hetero) is 1. The van der Waals surface area contributed by atoms with Gasteiger partial charge in [0.05, 0.1) is 19.3 Å². The van der Waals surface area contributed by atoms with E-state index in [9.17, 15) is 14.4 Å². The van der Waals surface area contributed by atoms with Gasteiger partial charge in [0.25, 0.3) is 0 Å². The lowest BCUT2D eigenvalue weighted by Gasteiger charge is -2.28. The molecule has 1 fully saturated rings. The number of hydrogen-bond donors (Lipinski definition) is 2. The maximum absolute atomic E-state index is 12.2. The minimum Gasteiger partial charge on any atom is -0.379 e. The first-order chi connectivity index (χ1) is 12.4. The van der Waals surface area contributed by atoms with E-state index in [0.29, 0.717) is 32.6 Å². The highest BCUT2D eigenvalue weighted by molar-refractivity contribution is 5.79. The fraction of sp³-hybridized carbons (Fsp3) is 0.842. The lowest BCUT2D eigenvalue weighted by Crippen LogP contribution is -2.42. The molecule has 0 spiro atoms. The standard InChI is InChI=1S/C19H34N2O5/c1-4-17(22)9-11-25-12-10-20-19(24)15-5-7-16(8-6-15)21-18(23)13-26-14(2)3/h14-16H,4-13H2,1-3H3,(H,20,24)(H,21,23)/t15-,16-. The highest BCUT2D eigenvalue weighted by atomic mass is 16.5. The van der Waals surface area contributed by atoms with Gasteiger partial charge in [0.2, 0.25) is 11.8 Å². The SMILES string of the molecule is CCC(=O)CCOCCNC(=O)[C@H]1CC[C@H](NC(=O)COC(C)C)CC1. The van der Waals surface area contributed by atoms with Gasteiger partial charge >= 0.3 is 0 Å². The van der Waals surface area contributed by atoms with Gasteiger partial charge in [-0.3, -0.25) is 14.4 Å². The first-order valence-electron chi connectivity index (χ1n) is 9.70. The molecule has 0 unspecified atom stereocenters. The average molecular weight is 370 g/mol. The van der Waals surface area contributed by atoms with Gasteiger partial charge in [0.15, 0.2) is 0 Å². The van der Waals surface area contributed by atoms with Crippen molar-refractivity contribution in [1.82, 2.24) is 10.6 Å². The Hall–Kier alpha value is -1.47. The van der Waals surface area contributed by atoms with E-state index in [1.165, 1.54) is 0 Å². The van der Waals surface area contributed by atoms with E-state index in [1.807, 2.05) is 20.8 Å². The van der Waals surface area contributed by atoms with Crippen LogP contribution < -0.4 is 10.6 Å². The van der Waals surface area contributed by atoms with Crippen LogP contribution in [0.3, 0.4) is 0 Å². The van der Waals surface area contributed by atoms with E-state index in [2.05, 4.69) is 10.6 Å². The van der Waals surface area contributed by atoms with Crippen molar-refractivity contribution in [2.45, 2.75) is 71.4 Å². The highest BCUT2D eigenvalue weighted by Crippen LogP contribution is 2.24. The Labute approximate surface area is 156 Å². The molecule has 1 aliphatic rings. The van der Waals surface area contributed by atoms with Gasteiger partial charge in [-0.15, -0.1) is 0 Å². The average Bonchev–Trinajstić information content (AvgIpc) is 2.63. The van der Waals surface area contributed by atoms with E-state index >= 15 is 0 Å². The van der Waals surface area contributed by atoms with Crippen molar-refractivity contribution >= 4 is 17.6 Å². The van der Waals surface area contributed by atoms with E-state index in [4.69, 9.17) is 9.47 Å². The normalized spacial score (nSPS) is 20.0. The first-order valence-corrected chi connectivity index (χ1v) is 9.70. The summed E-state index contributed by atoms with van der Waals surface area (Å²) in [4.78, 5) is 35.1. The molecule has 1 rings (SSSR count). The van der Waals surface area contributed by atoms with Crippen molar-refractivity contribution in [3.8, 4) is 0 Å². The van der Waals surface area contributed by atoms with Crippen LogP contribution in [-0.4, -0.2) is 56.1 Å². The van der Waals surface area contributed by atoms with Crippen molar-refractivity contribution in [2.75, 3.05) is 26.4 Å². The molecule has 1 aliphatic carbocycles. The zero-order valence-electron chi connectivity index (χ0n) is 16.3. The van der Waals surface area contributed by atoms with E-state index in [1.54, 1.807) is 0 Å². The summed E-state index contributed by atoms with van der Waals surface area (Å²) in [5.74, 6) is 0.141. The minimum absolute atomic E-state index is 0.00302. The molecule has 0 radical (unpaired) electrons. The van der Waals surface area contributed by atoms with Crippen molar-refractivity contribution in [2.24, 2.45) is 5.92 Å². The minimum atomic E-state index is -0.0923. The smallest absolute Gasteiger partial charge is 0.246 e. The third kappa shape index (κ3) is 9.87. The lowest BCUT2D eigenvalue weighted by atomic mass is 9.85. The van der Waals surface area contributed by atoms with Crippen LogP contribution in [0.4, 0.5) is 0 Å². The molecule has 2 N–H and O–H groups in total. The number of carbonyl (C=O) groups excluding carboxylic acids is 3. The quantitative estimate of drug-likeness (QED) is 0.509. The second-order valence-electron chi connectivity index (χ2n) is 7.02. The first kappa shape index (κ1) is 22.6. The van der Waals surface area contributed by atoms with E-state index in [-0.39, 0.29) is 42.3 Å². The van der Waals surface area contributed by atoms with Crippen LogP contribution in [0.15, 0.2) is 0 Å².